The molecular formula is C12H13F2NO2. The van der Waals surface area contributed by atoms with E-state index in [4.69, 9.17) is 0 Å². The molecular weight excluding hydrogens is 228 g/mol. The van der Waals surface area contributed by atoms with Gasteiger partial charge in [-0.2, -0.15) is 8.78 Å². The minimum Gasteiger partial charge on any atom is -0.435 e. The number of alkyl halides is 2. The van der Waals surface area contributed by atoms with E-state index >= 15 is 0 Å². The van der Waals surface area contributed by atoms with Gasteiger partial charge in [0.25, 0.3) is 0 Å². The molecule has 0 aliphatic carbocycles. The molecule has 1 N–H and O–H groups in total. The molecule has 1 heterocycles. The third-order valence-corrected chi connectivity index (χ3v) is 2.72. The first-order chi connectivity index (χ1) is 8.13. The number of carbonyl (C=O) groups excluding carboxylic acids is 1. The van der Waals surface area contributed by atoms with Gasteiger partial charge in [0.15, 0.2) is 0 Å². The highest BCUT2D eigenvalue weighted by Gasteiger charge is 2.20. The fourth-order valence-electron chi connectivity index (χ4n) is 1.92. The van der Waals surface area contributed by atoms with Gasteiger partial charge in [-0.1, -0.05) is 12.1 Å². The number of ether oxygens (including phenoxy) is 1. The molecule has 17 heavy (non-hydrogen) atoms. The van der Waals surface area contributed by atoms with Gasteiger partial charge < -0.3 is 10.1 Å². The van der Waals surface area contributed by atoms with Gasteiger partial charge in [-0.05, 0) is 30.5 Å². The van der Waals surface area contributed by atoms with Crippen molar-refractivity contribution in [2.24, 2.45) is 0 Å². The lowest BCUT2D eigenvalue weighted by Gasteiger charge is -2.10. The molecule has 1 unspecified atom stereocenters. The first-order valence-corrected chi connectivity index (χ1v) is 5.46. The lowest BCUT2D eigenvalue weighted by Crippen LogP contribution is -2.27. The maximum atomic E-state index is 11.9. The van der Waals surface area contributed by atoms with E-state index in [1.807, 2.05) is 0 Å². The zero-order valence-electron chi connectivity index (χ0n) is 9.16. The van der Waals surface area contributed by atoms with Gasteiger partial charge in [-0.25, -0.2) is 0 Å². The number of nitrogens with one attached hydrogen (secondary N) is 1. The lowest BCUT2D eigenvalue weighted by molar-refractivity contribution is -0.119. The minimum atomic E-state index is -2.80. The second-order valence-corrected chi connectivity index (χ2v) is 4.03. The van der Waals surface area contributed by atoms with Crippen LogP contribution < -0.4 is 10.1 Å². The average Bonchev–Trinajstić information content (AvgIpc) is 2.66. The van der Waals surface area contributed by atoms with E-state index in [9.17, 15) is 13.6 Å². The van der Waals surface area contributed by atoms with Gasteiger partial charge in [0.1, 0.15) is 5.75 Å². The fraction of sp³-hybridized carbons (Fsp3) is 0.417. The number of amides is 1. The molecule has 1 saturated heterocycles. The molecule has 1 aliphatic heterocycles. The van der Waals surface area contributed by atoms with Crippen molar-refractivity contribution in [1.82, 2.24) is 5.32 Å². The Hall–Kier alpha value is -1.65. The predicted molar refractivity (Wildman–Crippen MR) is 57.9 cm³/mol. The zero-order valence-corrected chi connectivity index (χ0v) is 9.16. The van der Waals surface area contributed by atoms with Gasteiger partial charge in [0.05, 0.1) is 0 Å². The molecule has 2 rings (SSSR count). The first-order valence-electron chi connectivity index (χ1n) is 5.46. The Balaban J connectivity index is 1.91. The van der Waals surface area contributed by atoms with Crippen LogP contribution in [0.5, 0.6) is 5.75 Å². The van der Waals surface area contributed by atoms with E-state index in [0.717, 1.165) is 18.4 Å². The third-order valence-electron chi connectivity index (χ3n) is 2.72. The van der Waals surface area contributed by atoms with Crippen LogP contribution in [0, 0.1) is 0 Å². The number of benzene rings is 1. The molecule has 0 saturated carbocycles. The zero-order chi connectivity index (χ0) is 12.3. The van der Waals surface area contributed by atoms with Gasteiger partial charge in [0.2, 0.25) is 5.91 Å². The monoisotopic (exact) mass is 241 g/mol. The summed E-state index contributed by atoms with van der Waals surface area (Å²) in [7, 11) is 0. The number of hydrogen-bond donors (Lipinski definition) is 1. The van der Waals surface area contributed by atoms with Crippen molar-refractivity contribution in [2.75, 3.05) is 0 Å². The maximum absolute atomic E-state index is 11.9. The lowest BCUT2D eigenvalue weighted by atomic mass is 10.0. The molecule has 0 radical (unpaired) electrons. The molecule has 1 aliphatic rings. The topological polar surface area (TPSA) is 38.3 Å². The summed E-state index contributed by atoms with van der Waals surface area (Å²) in [5.41, 5.74) is 0.999. The molecule has 1 aromatic carbocycles. The largest absolute Gasteiger partial charge is 0.435 e. The molecule has 1 fully saturated rings. The van der Waals surface area contributed by atoms with E-state index in [0.29, 0.717) is 6.42 Å². The number of halogens is 2. The summed E-state index contributed by atoms with van der Waals surface area (Å²) in [6.07, 6.45) is 2.12. The summed E-state index contributed by atoms with van der Waals surface area (Å²) < 4.78 is 28.1. The van der Waals surface area contributed by atoms with Crippen LogP contribution in [0.3, 0.4) is 0 Å². The predicted octanol–water partition coefficient (Wildman–Crippen LogP) is 2.11. The van der Waals surface area contributed by atoms with Crippen molar-refractivity contribution in [3.63, 3.8) is 0 Å². The molecule has 5 heteroatoms. The van der Waals surface area contributed by atoms with Crippen LogP contribution in [0.2, 0.25) is 0 Å². The summed E-state index contributed by atoms with van der Waals surface area (Å²) in [5, 5.41) is 2.86. The standard InChI is InChI=1S/C12H13F2NO2/c13-12(14)17-10-4-1-8(2-5-10)7-9-3-6-11(16)15-9/h1-2,4-5,9,12H,3,6-7H2,(H,15,16). The summed E-state index contributed by atoms with van der Waals surface area (Å²) in [6.45, 7) is -2.80. The number of carbonyl (C=O) groups is 1. The molecule has 1 atom stereocenters. The highest BCUT2D eigenvalue weighted by molar-refractivity contribution is 5.78. The second kappa shape index (κ2) is 5.12. The van der Waals surface area contributed by atoms with Crippen molar-refractivity contribution < 1.29 is 18.3 Å². The van der Waals surface area contributed by atoms with Crippen molar-refractivity contribution in [3.05, 3.63) is 29.8 Å². The first kappa shape index (κ1) is 11.8. The highest BCUT2D eigenvalue weighted by Crippen LogP contribution is 2.18. The van der Waals surface area contributed by atoms with Crippen molar-refractivity contribution >= 4 is 5.91 Å². The van der Waals surface area contributed by atoms with Gasteiger partial charge >= 0.3 is 6.61 Å². The van der Waals surface area contributed by atoms with Crippen LogP contribution in [0.25, 0.3) is 0 Å². The van der Waals surface area contributed by atoms with Crippen LogP contribution in [-0.4, -0.2) is 18.6 Å². The normalized spacial score (nSPS) is 19.5. The Morgan fingerprint density at radius 3 is 2.59 bits per heavy atom. The van der Waals surface area contributed by atoms with Gasteiger partial charge in [0, 0.05) is 12.5 Å². The third kappa shape index (κ3) is 3.41. The smallest absolute Gasteiger partial charge is 0.387 e. The summed E-state index contributed by atoms with van der Waals surface area (Å²) in [5.74, 6) is 0.229. The van der Waals surface area contributed by atoms with E-state index in [1.54, 1.807) is 12.1 Å². The Kier molecular flexibility index (Phi) is 3.56. The Labute approximate surface area is 97.8 Å². The SMILES string of the molecule is O=C1CCC(Cc2ccc(OC(F)F)cc2)N1. The quantitative estimate of drug-likeness (QED) is 0.876. The Bertz CT molecular complexity index is 392. The van der Waals surface area contributed by atoms with Crippen LogP contribution in [0.1, 0.15) is 18.4 Å². The van der Waals surface area contributed by atoms with Crippen LogP contribution in [-0.2, 0) is 11.2 Å². The maximum Gasteiger partial charge on any atom is 0.387 e. The molecule has 3 nitrogen and oxygen atoms in total. The molecule has 0 aromatic heterocycles. The Morgan fingerprint density at radius 2 is 2.06 bits per heavy atom. The van der Waals surface area contributed by atoms with E-state index in [2.05, 4.69) is 10.1 Å². The van der Waals surface area contributed by atoms with Gasteiger partial charge in [-0.3, -0.25) is 4.79 Å². The van der Waals surface area contributed by atoms with E-state index < -0.39 is 6.61 Å². The van der Waals surface area contributed by atoms with Gasteiger partial charge in [-0.15, -0.1) is 0 Å². The molecule has 0 bridgehead atoms. The molecule has 92 valence electrons. The number of rotatable bonds is 4. The molecule has 0 spiro atoms. The van der Waals surface area contributed by atoms with Crippen LogP contribution in [0.4, 0.5) is 8.78 Å². The summed E-state index contributed by atoms with van der Waals surface area (Å²) >= 11 is 0. The molecule has 1 amide bonds. The summed E-state index contributed by atoms with van der Waals surface area (Å²) in [6, 6.07) is 6.66. The van der Waals surface area contributed by atoms with Crippen molar-refractivity contribution in [2.45, 2.75) is 31.9 Å². The minimum absolute atomic E-state index is 0.0765. The molecule has 1 aromatic rings. The number of hydrogen-bond acceptors (Lipinski definition) is 2. The van der Waals surface area contributed by atoms with E-state index in [1.165, 1.54) is 12.1 Å². The van der Waals surface area contributed by atoms with Crippen LogP contribution in [0.15, 0.2) is 24.3 Å². The Morgan fingerprint density at radius 1 is 1.35 bits per heavy atom. The van der Waals surface area contributed by atoms with Crippen LogP contribution >= 0.6 is 0 Å². The average molecular weight is 241 g/mol. The highest BCUT2D eigenvalue weighted by atomic mass is 19.3. The fourth-order valence-corrected chi connectivity index (χ4v) is 1.92. The van der Waals surface area contributed by atoms with E-state index in [-0.39, 0.29) is 17.7 Å². The summed E-state index contributed by atoms with van der Waals surface area (Å²) in [4.78, 5) is 11.0. The van der Waals surface area contributed by atoms with Crippen molar-refractivity contribution in [1.29, 1.82) is 0 Å². The second-order valence-electron chi connectivity index (χ2n) is 4.03. The van der Waals surface area contributed by atoms with Crippen molar-refractivity contribution in [3.8, 4) is 5.75 Å².